The second kappa shape index (κ2) is 9.96. The Hall–Kier alpha value is -4.34. The highest BCUT2D eigenvalue weighted by atomic mass is 16.1. The highest BCUT2D eigenvalue weighted by Gasteiger charge is 2.21. The number of rotatable bonds is 8. The molecule has 0 bridgehead atoms. The molecule has 0 amide bonds. The zero-order chi connectivity index (χ0) is 26.0. The highest BCUT2D eigenvalue weighted by molar-refractivity contribution is 5.78. The number of aromatic amines is 1. The lowest BCUT2D eigenvalue weighted by Gasteiger charge is -2.22. The standard InChI is InChI=1S/C27H31N9O/c1-5-6-9-20-18-35(25-28-14-15-36(25)27(2,3)4)26(37)34(20)17-19-12-13-23(29-16-19)21-10-7-8-11-22(21)24-30-32-33-31-24/h7-8,10-16,18H,5-6,9,17H2,1-4H3,(H,30,31,32,33). The van der Waals surface area contributed by atoms with Crippen LogP contribution in [0.4, 0.5) is 0 Å². The third-order valence-corrected chi connectivity index (χ3v) is 6.38. The Labute approximate surface area is 215 Å². The molecular formula is C27H31N9O. The molecule has 0 aliphatic rings. The molecule has 0 atom stereocenters. The van der Waals surface area contributed by atoms with Crippen LogP contribution in [0.25, 0.3) is 28.6 Å². The van der Waals surface area contributed by atoms with E-state index in [4.69, 9.17) is 4.98 Å². The van der Waals surface area contributed by atoms with Gasteiger partial charge in [0, 0.05) is 47.1 Å². The van der Waals surface area contributed by atoms with Crippen LogP contribution in [0.2, 0.25) is 0 Å². The summed E-state index contributed by atoms with van der Waals surface area (Å²) in [5.41, 5.74) is 4.23. The zero-order valence-corrected chi connectivity index (χ0v) is 21.6. The quantitative estimate of drug-likeness (QED) is 0.343. The molecule has 0 aliphatic carbocycles. The van der Waals surface area contributed by atoms with Gasteiger partial charge in [-0.05, 0) is 55.7 Å². The van der Waals surface area contributed by atoms with Gasteiger partial charge in [0.25, 0.3) is 0 Å². The molecule has 4 aromatic heterocycles. The van der Waals surface area contributed by atoms with E-state index in [0.717, 1.165) is 47.3 Å². The minimum absolute atomic E-state index is 0.102. The first-order valence-corrected chi connectivity index (χ1v) is 12.5. The zero-order valence-electron chi connectivity index (χ0n) is 21.6. The van der Waals surface area contributed by atoms with Gasteiger partial charge in [0.05, 0.1) is 12.2 Å². The molecule has 0 radical (unpaired) electrons. The summed E-state index contributed by atoms with van der Waals surface area (Å²) in [6.07, 6.45) is 10.3. The fourth-order valence-electron chi connectivity index (χ4n) is 4.44. The van der Waals surface area contributed by atoms with E-state index in [9.17, 15) is 4.79 Å². The topological polar surface area (TPSA) is 112 Å². The molecule has 0 unspecified atom stereocenters. The number of H-pyrrole nitrogens is 1. The van der Waals surface area contributed by atoms with Gasteiger partial charge in [-0.2, -0.15) is 0 Å². The molecule has 10 nitrogen and oxygen atoms in total. The number of aryl methyl sites for hydroxylation is 1. The molecule has 0 aliphatic heterocycles. The van der Waals surface area contributed by atoms with Crippen molar-refractivity contribution in [2.75, 3.05) is 0 Å². The van der Waals surface area contributed by atoms with Crippen molar-refractivity contribution >= 4 is 0 Å². The lowest BCUT2D eigenvalue weighted by molar-refractivity contribution is 0.390. The fraction of sp³-hybridized carbons (Fsp3) is 0.333. The number of nitrogens with zero attached hydrogens (tertiary/aromatic N) is 8. The molecular weight excluding hydrogens is 466 g/mol. The van der Waals surface area contributed by atoms with Crippen LogP contribution in [0.5, 0.6) is 0 Å². The molecule has 0 saturated heterocycles. The number of pyridine rings is 1. The van der Waals surface area contributed by atoms with E-state index < -0.39 is 0 Å². The number of tetrazole rings is 1. The number of unbranched alkanes of at least 4 members (excludes halogenated alkanes) is 1. The van der Waals surface area contributed by atoms with Crippen LogP contribution in [0.3, 0.4) is 0 Å². The van der Waals surface area contributed by atoms with Crippen LogP contribution in [0.15, 0.2) is 66.0 Å². The van der Waals surface area contributed by atoms with Gasteiger partial charge >= 0.3 is 5.69 Å². The Kier molecular flexibility index (Phi) is 6.56. The summed E-state index contributed by atoms with van der Waals surface area (Å²) in [5.74, 6) is 1.21. The number of hydrogen-bond donors (Lipinski definition) is 1. The Balaban J connectivity index is 1.48. The van der Waals surface area contributed by atoms with Gasteiger partial charge < -0.3 is 4.57 Å². The summed E-state index contributed by atoms with van der Waals surface area (Å²) < 4.78 is 5.53. The van der Waals surface area contributed by atoms with Gasteiger partial charge in [-0.25, -0.2) is 19.4 Å². The van der Waals surface area contributed by atoms with E-state index >= 15 is 0 Å². The third kappa shape index (κ3) is 4.87. The summed E-state index contributed by atoms with van der Waals surface area (Å²) in [5, 5.41) is 14.2. The van der Waals surface area contributed by atoms with Gasteiger partial charge in [-0.3, -0.25) is 9.55 Å². The molecule has 5 aromatic rings. The maximum absolute atomic E-state index is 13.6. The first-order chi connectivity index (χ1) is 17.9. The second-order valence-corrected chi connectivity index (χ2v) is 10.1. The maximum Gasteiger partial charge on any atom is 0.335 e. The fourth-order valence-corrected chi connectivity index (χ4v) is 4.44. The van der Waals surface area contributed by atoms with Crippen molar-refractivity contribution in [2.24, 2.45) is 0 Å². The van der Waals surface area contributed by atoms with E-state index in [1.807, 2.05) is 64.1 Å². The Morgan fingerprint density at radius 3 is 2.51 bits per heavy atom. The number of aromatic nitrogens is 9. The molecule has 37 heavy (non-hydrogen) atoms. The van der Waals surface area contributed by atoms with E-state index in [-0.39, 0.29) is 11.2 Å². The van der Waals surface area contributed by atoms with Crippen molar-refractivity contribution in [1.82, 2.24) is 44.3 Å². The largest absolute Gasteiger partial charge is 0.335 e. The minimum Gasteiger partial charge on any atom is -0.311 e. The van der Waals surface area contributed by atoms with Gasteiger partial charge in [0.1, 0.15) is 0 Å². The normalized spacial score (nSPS) is 11.8. The van der Waals surface area contributed by atoms with Crippen molar-refractivity contribution in [3.63, 3.8) is 0 Å². The van der Waals surface area contributed by atoms with E-state index in [1.54, 1.807) is 10.8 Å². The molecule has 1 N–H and O–H groups in total. The maximum atomic E-state index is 13.6. The molecule has 10 heteroatoms. The Morgan fingerprint density at radius 2 is 1.84 bits per heavy atom. The van der Waals surface area contributed by atoms with Crippen LogP contribution in [-0.2, 0) is 18.5 Å². The van der Waals surface area contributed by atoms with Crippen LogP contribution in [-0.4, -0.2) is 44.3 Å². The highest BCUT2D eigenvalue weighted by Crippen LogP contribution is 2.28. The van der Waals surface area contributed by atoms with Crippen molar-refractivity contribution in [2.45, 2.75) is 59.0 Å². The third-order valence-electron chi connectivity index (χ3n) is 6.38. The van der Waals surface area contributed by atoms with Crippen LogP contribution < -0.4 is 5.69 Å². The van der Waals surface area contributed by atoms with Crippen molar-refractivity contribution in [3.8, 4) is 28.6 Å². The average molecular weight is 498 g/mol. The van der Waals surface area contributed by atoms with Crippen molar-refractivity contribution in [1.29, 1.82) is 0 Å². The summed E-state index contributed by atoms with van der Waals surface area (Å²) in [4.78, 5) is 22.9. The molecule has 0 saturated carbocycles. The summed E-state index contributed by atoms with van der Waals surface area (Å²) in [7, 11) is 0. The Morgan fingerprint density at radius 1 is 1.03 bits per heavy atom. The van der Waals surface area contributed by atoms with E-state index in [2.05, 4.69) is 53.3 Å². The summed E-state index contributed by atoms with van der Waals surface area (Å²) in [6.45, 7) is 8.89. The number of nitrogens with one attached hydrogen (secondary N) is 1. The predicted molar refractivity (Wildman–Crippen MR) is 141 cm³/mol. The number of imidazole rings is 2. The molecule has 5 rings (SSSR count). The second-order valence-electron chi connectivity index (χ2n) is 10.1. The molecule has 0 spiro atoms. The van der Waals surface area contributed by atoms with Crippen molar-refractivity contribution in [3.05, 3.63) is 82.9 Å². The first-order valence-electron chi connectivity index (χ1n) is 12.5. The predicted octanol–water partition coefficient (Wildman–Crippen LogP) is 4.22. The Bertz CT molecular complexity index is 1530. The van der Waals surface area contributed by atoms with E-state index in [0.29, 0.717) is 18.3 Å². The smallest absolute Gasteiger partial charge is 0.311 e. The SMILES string of the molecule is CCCCc1cn(-c2nccn2C(C)(C)C)c(=O)n1Cc1ccc(-c2ccccc2-c2nnn[nH]2)nc1. The van der Waals surface area contributed by atoms with Gasteiger partial charge in [0.2, 0.25) is 5.95 Å². The molecule has 1 aromatic carbocycles. The first kappa shape index (κ1) is 24.4. The van der Waals surface area contributed by atoms with Gasteiger partial charge in [-0.1, -0.05) is 43.7 Å². The van der Waals surface area contributed by atoms with Gasteiger partial charge in [-0.15, -0.1) is 5.10 Å². The average Bonchev–Trinajstić information content (AvgIpc) is 3.65. The lowest BCUT2D eigenvalue weighted by Crippen LogP contribution is -2.30. The summed E-state index contributed by atoms with van der Waals surface area (Å²) >= 11 is 0. The van der Waals surface area contributed by atoms with Crippen LogP contribution in [0.1, 0.15) is 51.8 Å². The van der Waals surface area contributed by atoms with E-state index in [1.165, 1.54) is 0 Å². The summed E-state index contributed by atoms with van der Waals surface area (Å²) in [6, 6.07) is 11.8. The monoisotopic (exact) mass is 497 g/mol. The molecule has 4 heterocycles. The van der Waals surface area contributed by atoms with Gasteiger partial charge in [0.15, 0.2) is 5.82 Å². The molecule has 190 valence electrons. The van der Waals surface area contributed by atoms with Crippen molar-refractivity contribution < 1.29 is 0 Å². The number of benzene rings is 1. The number of hydrogen-bond acceptors (Lipinski definition) is 6. The van der Waals surface area contributed by atoms with Crippen LogP contribution in [0, 0.1) is 0 Å². The minimum atomic E-state index is -0.200. The molecule has 0 fully saturated rings. The van der Waals surface area contributed by atoms with Crippen LogP contribution >= 0.6 is 0 Å². The lowest BCUT2D eigenvalue weighted by atomic mass is 10.0.